The number of hydrogen-bond donors (Lipinski definition) is 1. The molecule has 3 aromatic rings. The van der Waals surface area contributed by atoms with E-state index in [0.29, 0.717) is 13.0 Å². The third-order valence-corrected chi connectivity index (χ3v) is 4.06. The first-order valence-electron chi connectivity index (χ1n) is 8.22. The van der Waals surface area contributed by atoms with E-state index < -0.39 is 0 Å². The van der Waals surface area contributed by atoms with Crippen LogP contribution in [0.2, 0.25) is 0 Å². The Balaban J connectivity index is 1.50. The Kier molecular flexibility index (Phi) is 5.14. The number of rotatable bonds is 6. The first kappa shape index (κ1) is 16.8. The van der Waals surface area contributed by atoms with E-state index >= 15 is 0 Å². The van der Waals surface area contributed by atoms with Crippen LogP contribution in [0.3, 0.4) is 0 Å². The van der Waals surface area contributed by atoms with Gasteiger partial charge in [0.05, 0.1) is 18.7 Å². The highest BCUT2D eigenvalue weighted by molar-refractivity contribution is 5.90. The van der Waals surface area contributed by atoms with Crippen LogP contribution < -0.4 is 10.1 Å². The van der Waals surface area contributed by atoms with Gasteiger partial charge in [0.25, 0.3) is 0 Å². The van der Waals surface area contributed by atoms with Crippen LogP contribution in [0.4, 0.5) is 5.69 Å². The van der Waals surface area contributed by atoms with Gasteiger partial charge in [-0.2, -0.15) is 5.10 Å². The third-order valence-electron chi connectivity index (χ3n) is 4.06. The van der Waals surface area contributed by atoms with Gasteiger partial charge in [0.2, 0.25) is 5.91 Å². The van der Waals surface area contributed by atoms with Gasteiger partial charge in [-0.1, -0.05) is 12.1 Å². The molecular formula is C20H21N3O2. The minimum atomic E-state index is -0.0721. The molecule has 1 amide bonds. The monoisotopic (exact) mass is 335 g/mol. The molecule has 0 bridgehead atoms. The first-order chi connectivity index (χ1) is 12.1. The van der Waals surface area contributed by atoms with Gasteiger partial charge in [0, 0.05) is 18.1 Å². The van der Waals surface area contributed by atoms with Crippen LogP contribution in [-0.4, -0.2) is 22.3 Å². The molecule has 1 heterocycles. The molecule has 0 radical (unpaired) electrons. The van der Waals surface area contributed by atoms with Crippen molar-refractivity contribution in [3.63, 3.8) is 0 Å². The molecule has 0 saturated heterocycles. The second kappa shape index (κ2) is 7.66. The SMILES string of the molecule is Cc1cccc(OCCC(=O)Nc2ccc(-n3cccn3)cc2)c1C. The van der Waals surface area contributed by atoms with Gasteiger partial charge in [-0.05, 0) is 61.4 Å². The fourth-order valence-electron chi connectivity index (χ4n) is 2.48. The topological polar surface area (TPSA) is 56.1 Å². The smallest absolute Gasteiger partial charge is 0.227 e. The fourth-order valence-corrected chi connectivity index (χ4v) is 2.48. The molecule has 5 heteroatoms. The number of aryl methyl sites for hydroxylation is 1. The quantitative estimate of drug-likeness (QED) is 0.743. The molecule has 0 unspecified atom stereocenters. The Morgan fingerprint density at radius 1 is 1.12 bits per heavy atom. The lowest BCUT2D eigenvalue weighted by Crippen LogP contribution is -2.15. The Morgan fingerprint density at radius 2 is 1.92 bits per heavy atom. The average Bonchev–Trinajstić information content (AvgIpc) is 3.14. The largest absolute Gasteiger partial charge is 0.493 e. The molecule has 1 N–H and O–H groups in total. The summed E-state index contributed by atoms with van der Waals surface area (Å²) in [7, 11) is 0. The summed E-state index contributed by atoms with van der Waals surface area (Å²) >= 11 is 0. The predicted octanol–water partition coefficient (Wildman–Crippen LogP) is 3.90. The van der Waals surface area contributed by atoms with Crippen molar-refractivity contribution in [1.29, 1.82) is 0 Å². The van der Waals surface area contributed by atoms with Crippen molar-refractivity contribution in [2.75, 3.05) is 11.9 Å². The molecule has 0 aliphatic rings. The van der Waals surface area contributed by atoms with E-state index in [-0.39, 0.29) is 5.91 Å². The number of benzene rings is 2. The first-order valence-corrected chi connectivity index (χ1v) is 8.22. The summed E-state index contributed by atoms with van der Waals surface area (Å²) in [5.74, 6) is 0.758. The molecule has 0 spiro atoms. The van der Waals surface area contributed by atoms with Gasteiger partial charge in [-0.3, -0.25) is 4.79 Å². The molecule has 1 aromatic heterocycles. The van der Waals surface area contributed by atoms with E-state index in [1.54, 1.807) is 10.9 Å². The van der Waals surface area contributed by atoms with Crippen LogP contribution >= 0.6 is 0 Å². The van der Waals surface area contributed by atoms with Crippen molar-refractivity contribution in [3.8, 4) is 11.4 Å². The Labute approximate surface area is 147 Å². The van der Waals surface area contributed by atoms with Crippen LogP contribution in [0.5, 0.6) is 5.75 Å². The zero-order valence-corrected chi connectivity index (χ0v) is 14.4. The van der Waals surface area contributed by atoms with Crippen LogP contribution in [-0.2, 0) is 4.79 Å². The van der Waals surface area contributed by atoms with Crippen LogP contribution in [0.25, 0.3) is 5.69 Å². The number of aromatic nitrogens is 2. The number of amides is 1. The van der Waals surface area contributed by atoms with E-state index in [1.165, 1.54) is 5.56 Å². The lowest BCUT2D eigenvalue weighted by molar-refractivity contribution is -0.116. The second-order valence-electron chi connectivity index (χ2n) is 5.84. The van der Waals surface area contributed by atoms with Crippen molar-refractivity contribution in [1.82, 2.24) is 9.78 Å². The van der Waals surface area contributed by atoms with Crippen LogP contribution in [0, 0.1) is 13.8 Å². The molecular weight excluding hydrogens is 314 g/mol. The number of nitrogens with zero attached hydrogens (tertiary/aromatic N) is 2. The highest BCUT2D eigenvalue weighted by Crippen LogP contribution is 2.20. The van der Waals surface area contributed by atoms with Gasteiger partial charge in [-0.25, -0.2) is 4.68 Å². The summed E-state index contributed by atoms with van der Waals surface area (Å²) in [6.07, 6.45) is 3.90. The van der Waals surface area contributed by atoms with E-state index in [1.807, 2.05) is 68.6 Å². The van der Waals surface area contributed by atoms with Gasteiger partial charge >= 0.3 is 0 Å². The maximum Gasteiger partial charge on any atom is 0.227 e. The van der Waals surface area contributed by atoms with Gasteiger partial charge in [0.1, 0.15) is 5.75 Å². The Bertz CT molecular complexity index is 840. The Hall–Kier alpha value is -3.08. The van der Waals surface area contributed by atoms with E-state index in [2.05, 4.69) is 10.4 Å². The lowest BCUT2D eigenvalue weighted by Gasteiger charge is -2.11. The summed E-state index contributed by atoms with van der Waals surface area (Å²) in [4.78, 5) is 12.1. The van der Waals surface area contributed by atoms with Gasteiger partial charge in [0.15, 0.2) is 0 Å². The van der Waals surface area contributed by atoms with Crippen molar-refractivity contribution in [2.24, 2.45) is 0 Å². The fraction of sp³-hybridized carbons (Fsp3) is 0.200. The van der Waals surface area contributed by atoms with Gasteiger partial charge < -0.3 is 10.1 Å². The number of hydrogen-bond acceptors (Lipinski definition) is 3. The summed E-state index contributed by atoms with van der Waals surface area (Å²) in [5.41, 5.74) is 3.99. The minimum Gasteiger partial charge on any atom is -0.493 e. The summed E-state index contributed by atoms with van der Waals surface area (Å²) in [6, 6.07) is 15.3. The zero-order chi connectivity index (χ0) is 17.6. The standard InChI is InChI=1S/C20H21N3O2/c1-15-5-3-6-19(16(15)2)25-14-11-20(24)22-17-7-9-18(10-8-17)23-13-4-12-21-23/h3-10,12-13H,11,14H2,1-2H3,(H,22,24). The normalized spacial score (nSPS) is 10.5. The molecule has 3 rings (SSSR count). The number of anilines is 1. The summed E-state index contributed by atoms with van der Waals surface area (Å²) in [6.45, 7) is 4.41. The molecule has 0 saturated carbocycles. The lowest BCUT2D eigenvalue weighted by atomic mass is 10.1. The predicted molar refractivity (Wildman–Crippen MR) is 98.2 cm³/mol. The average molecular weight is 335 g/mol. The maximum absolute atomic E-state index is 12.1. The molecule has 25 heavy (non-hydrogen) atoms. The highest BCUT2D eigenvalue weighted by Gasteiger charge is 2.06. The second-order valence-corrected chi connectivity index (χ2v) is 5.84. The molecule has 128 valence electrons. The highest BCUT2D eigenvalue weighted by atomic mass is 16.5. The molecule has 0 fully saturated rings. The molecule has 5 nitrogen and oxygen atoms in total. The minimum absolute atomic E-state index is 0.0721. The van der Waals surface area contributed by atoms with E-state index in [9.17, 15) is 4.79 Å². The molecule has 2 aromatic carbocycles. The molecule has 0 aliphatic carbocycles. The van der Waals surface area contributed by atoms with Crippen molar-refractivity contribution < 1.29 is 9.53 Å². The van der Waals surface area contributed by atoms with Crippen molar-refractivity contribution >= 4 is 11.6 Å². The number of carbonyl (C=O) groups excluding carboxylic acids is 1. The van der Waals surface area contributed by atoms with Crippen LogP contribution in [0.15, 0.2) is 60.9 Å². The van der Waals surface area contributed by atoms with Crippen molar-refractivity contribution in [3.05, 3.63) is 72.1 Å². The third kappa shape index (κ3) is 4.26. The maximum atomic E-state index is 12.1. The zero-order valence-electron chi connectivity index (χ0n) is 14.4. The van der Waals surface area contributed by atoms with Gasteiger partial charge in [-0.15, -0.1) is 0 Å². The van der Waals surface area contributed by atoms with E-state index in [4.69, 9.17) is 4.74 Å². The van der Waals surface area contributed by atoms with Crippen LogP contribution in [0.1, 0.15) is 17.5 Å². The number of ether oxygens (including phenoxy) is 1. The van der Waals surface area contributed by atoms with E-state index in [0.717, 1.165) is 22.7 Å². The molecule has 0 atom stereocenters. The number of nitrogens with one attached hydrogen (secondary N) is 1. The molecule has 0 aliphatic heterocycles. The summed E-state index contributed by atoms with van der Waals surface area (Å²) < 4.78 is 7.49. The Morgan fingerprint density at radius 3 is 2.64 bits per heavy atom. The number of carbonyl (C=O) groups is 1. The van der Waals surface area contributed by atoms with Crippen molar-refractivity contribution in [2.45, 2.75) is 20.3 Å². The summed E-state index contributed by atoms with van der Waals surface area (Å²) in [5, 5.41) is 7.05.